The first-order chi connectivity index (χ1) is 16.0. The molecule has 178 valence electrons. The van der Waals surface area contributed by atoms with Gasteiger partial charge in [-0.05, 0) is 48.7 Å². The molecule has 1 aliphatic heterocycles. The lowest BCUT2D eigenvalue weighted by Gasteiger charge is -2.31. The molecular formula is C23H18Cl3F3N4O. The third-order valence-corrected chi connectivity index (χ3v) is 6.51. The Morgan fingerprint density at radius 2 is 1.76 bits per heavy atom. The normalized spacial score (nSPS) is 17.8. The molecule has 5 nitrogen and oxygen atoms in total. The second-order valence-corrected chi connectivity index (χ2v) is 9.10. The van der Waals surface area contributed by atoms with Crippen LogP contribution in [0.25, 0.3) is 0 Å². The van der Waals surface area contributed by atoms with Gasteiger partial charge in [-0.3, -0.25) is 4.79 Å². The zero-order valence-corrected chi connectivity index (χ0v) is 20.0. The lowest BCUT2D eigenvalue weighted by molar-refractivity contribution is -0.141. The minimum atomic E-state index is -4.66. The van der Waals surface area contributed by atoms with Crippen LogP contribution in [0.15, 0.2) is 53.5 Å². The first-order valence-corrected chi connectivity index (χ1v) is 11.4. The van der Waals surface area contributed by atoms with Crippen LogP contribution in [0.5, 0.6) is 0 Å². The number of alkyl halides is 3. The maximum absolute atomic E-state index is 13.4. The fourth-order valence-corrected chi connectivity index (χ4v) is 4.32. The third-order valence-electron chi connectivity index (χ3n) is 5.52. The van der Waals surface area contributed by atoms with Gasteiger partial charge >= 0.3 is 6.18 Å². The Labute approximate surface area is 208 Å². The number of halogens is 6. The largest absolute Gasteiger partial charge is 0.435 e. The van der Waals surface area contributed by atoms with Crippen LogP contribution >= 0.6 is 34.8 Å². The molecule has 2 aromatic carbocycles. The van der Waals surface area contributed by atoms with E-state index in [0.717, 1.165) is 16.3 Å². The maximum Gasteiger partial charge on any atom is 0.435 e. The highest BCUT2D eigenvalue weighted by Crippen LogP contribution is 2.41. The molecule has 0 aliphatic carbocycles. The molecule has 4 rings (SSSR count). The van der Waals surface area contributed by atoms with E-state index in [4.69, 9.17) is 34.8 Å². The molecule has 0 saturated carbocycles. The monoisotopic (exact) mass is 528 g/mol. The molecule has 0 radical (unpaired) electrons. The molecule has 34 heavy (non-hydrogen) atoms. The first kappa shape index (κ1) is 24.6. The summed E-state index contributed by atoms with van der Waals surface area (Å²) in [6.45, 7) is 1.93. The predicted molar refractivity (Wildman–Crippen MR) is 126 cm³/mol. The molecule has 2 unspecified atom stereocenters. The zero-order chi connectivity index (χ0) is 24.6. The quantitative estimate of drug-likeness (QED) is 0.408. The van der Waals surface area contributed by atoms with Crippen molar-refractivity contribution in [1.82, 2.24) is 15.1 Å². The number of hydrogen-bond donors (Lipinski definition) is 1. The van der Waals surface area contributed by atoms with Gasteiger partial charge in [-0.15, -0.1) is 0 Å². The Balaban J connectivity index is 1.66. The van der Waals surface area contributed by atoms with Crippen LogP contribution in [0, 0.1) is 5.92 Å². The summed E-state index contributed by atoms with van der Waals surface area (Å²) in [5.41, 5.74) is 0.734. The number of amides is 1. The molecule has 3 aromatic rings. The molecule has 0 saturated heterocycles. The van der Waals surface area contributed by atoms with E-state index in [1.807, 2.05) is 12.1 Å². The fraction of sp³-hybridized carbons (Fsp3) is 0.261. The van der Waals surface area contributed by atoms with Crippen LogP contribution in [0.3, 0.4) is 0 Å². The Morgan fingerprint density at radius 1 is 1.06 bits per heavy atom. The van der Waals surface area contributed by atoms with Crippen LogP contribution in [-0.2, 0) is 17.4 Å². The average Bonchev–Trinajstić information content (AvgIpc) is 3.20. The second kappa shape index (κ2) is 9.60. The highest BCUT2D eigenvalue weighted by Gasteiger charge is 2.42. The van der Waals surface area contributed by atoms with Crippen LogP contribution in [0.2, 0.25) is 15.1 Å². The van der Waals surface area contributed by atoms with Gasteiger partial charge in [0.25, 0.3) is 0 Å². The standard InChI is InChI=1S/C23H18Cl3F3N4O/c1-12-20(22(34)30-9-8-13-2-5-15(24)6-3-13)21(14-4-7-16(25)17(26)10-14)33-19(31-12)11-18(32-33)23(27,28)29/h2-7,10-11,20-21H,8-9H2,1H3,(H,30,34). The van der Waals surface area contributed by atoms with Crippen LogP contribution < -0.4 is 5.32 Å². The highest BCUT2D eigenvalue weighted by molar-refractivity contribution is 6.42. The van der Waals surface area contributed by atoms with Crippen molar-refractivity contribution < 1.29 is 18.0 Å². The van der Waals surface area contributed by atoms with Crippen molar-refractivity contribution in [2.45, 2.75) is 25.6 Å². The van der Waals surface area contributed by atoms with Crippen LogP contribution in [0.4, 0.5) is 19.0 Å². The minimum Gasteiger partial charge on any atom is -0.355 e. The first-order valence-electron chi connectivity index (χ1n) is 10.2. The Morgan fingerprint density at radius 3 is 2.41 bits per heavy atom. The predicted octanol–water partition coefficient (Wildman–Crippen LogP) is 6.53. The lowest BCUT2D eigenvalue weighted by atomic mass is 9.87. The molecular weight excluding hydrogens is 512 g/mol. The molecule has 1 aliphatic rings. The van der Waals surface area contributed by atoms with Gasteiger partial charge in [-0.2, -0.15) is 18.3 Å². The summed E-state index contributed by atoms with van der Waals surface area (Å²) < 4.78 is 41.3. The van der Waals surface area contributed by atoms with Gasteiger partial charge < -0.3 is 5.32 Å². The summed E-state index contributed by atoms with van der Waals surface area (Å²) >= 11 is 18.1. The Kier molecular flexibility index (Phi) is 6.94. The number of rotatable bonds is 5. The molecule has 0 spiro atoms. The van der Waals surface area contributed by atoms with E-state index in [1.54, 1.807) is 25.1 Å². The number of nitrogens with one attached hydrogen (secondary N) is 1. The molecule has 1 amide bonds. The number of fused-ring (bicyclic) bond motifs is 1. The summed E-state index contributed by atoms with van der Waals surface area (Å²) in [4.78, 5) is 17.5. The van der Waals surface area contributed by atoms with Gasteiger partial charge in [0.2, 0.25) is 5.91 Å². The van der Waals surface area contributed by atoms with Gasteiger partial charge in [0.05, 0.1) is 16.1 Å². The van der Waals surface area contributed by atoms with E-state index >= 15 is 0 Å². The second-order valence-electron chi connectivity index (χ2n) is 7.85. The van der Waals surface area contributed by atoms with Crippen LogP contribution in [-0.4, -0.2) is 27.9 Å². The van der Waals surface area contributed by atoms with E-state index in [1.165, 1.54) is 12.1 Å². The molecule has 2 heterocycles. The Bertz CT molecular complexity index is 1260. The number of benzene rings is 2. The number of carbonyl (C=O) groups excluding carboxylic acids is 1. The summed E-state index contributed by atoms with van der Waals surface area (Å²) in [7, 11) is 0. The third kappa shape index (κ3) is 5.09. The number of hydrogen-bond acceptors (Lipinski definition) is 3. The fourth-order valence-electron chi connectivity index (χ4n) is 3.89. The average molecular weight is 530 g/mol. The topological polar surface area (TPSA) is 59.3 Å². The number of aliphatic imine (C=N–C) groups is 1. The number of aromatic nitrogens is 2. The summed E-state index contributed by atoms with van der Waals surface area (Å²) in [6.07, 6.45) is -4.11. The molecule has 11 heteroatoms. The molecule has 1 aromatic heterocycles. The van der Waals surface area contributed by atoms with E-state index in [0.29, 0.717) is 29.3 Å². The summed E-state index contributed by atoms with van der Waals surface area (Å²) in [5, 5.41) is 7.72. The van der Waals surface area contributed by atoms with Gasteiger partial charge in [-0.25, -0.2) is 9.67 Å². The maximum atomic E-state index is 13.4. The van der Waals surface area contributed by atoms with Gasteiger partial charge in [-0.1, -0.05) is 53.0 Å². The van der Waals surface area contributed by atoms with E-state index in [2.05, 4.69) is 15.4 Å². The van der Waals surface area contributed by atoms with Gasteiger partial charge in [0, 0.05) is 23.3 Å². The van der Waals surface area contributed by atoms with E-state index < -0.39 is 23.8 Å². The van der Waals surface area contributed by atoms with Crippen molar-refractivity contribution >= 4 is 52.2 Å². The van der Waals surface area contributed by atoms with Crippen molar-refractivity contribution in [3.05, 3.63) is 80.4 Å². The van der Waals surface area contributed by atoms with Crippen molar-refractivity contribution in [2.75, 3.05) is 6.54 Å². The summed E-state index contributed by atoms with van der Waals surface area (Å²) in [5.74, 6) is -1.29. The number of nitrogens with zero attached hydrogens (tertiary/aromatic N) is 3. The van der Waals surface area contributed by atoms with Crippen molar-refractivity contribution in [3.8, 4) is 0 Å². The molecule has 0 fully saturated rings. The zero-order valence-electron chi connectivity index (χ0n) is 17.7. The van der Waals surface area contributed by atoms with Crippen molar-refractivity contribution in [3.63, 3.8) is 0 Å². The number of carbonyl (C=O) groups is 1. The van der Waals surface area contributed by atoms with Crippen molar-refractivity contribution in [1.29, 1.82) is 0 Å². The van der Waals surface area contributed by atoms with Gasteiger partial charge in [0.15, 0.2) is 11.5 Å². The summed E-state index contributed by atoms with van der Waals surface area (Å²) in [6, 6.07) is 11.9. The van der Waals surface area contributed by atoms with Gasteiger partial charge in [0.1, 0.15) is 5.92 Å². The molecule has 2 atom stereocenters. The molecule has 0 bridgehead atoms. The highest BCUT2D eigenvalue weighted by atomic mass is 35.5. The van der Waals surface area contributed by atoms with E-state index in [9.17, 15) is 18.0 Å². The van der Waals surface area contributed by atoms with Crippen LogP contribution in [0.1, 0.15) is 29.8 Å². The van der Waals surface area contributed by atoms with Crippen molar-refractivity contribution in [2.24, 2.45) is 10.9 Å². The van der Waals surface area contributed by atoms with E-state index in [-0.39, 0.29) is 21.8 Å². The minimum absolute atomic E-state index is 0.00566. The lowest BCUT2D eigenvalue weighted by Crippen LogP contribution is -2.42. The SMILES string of the molecule is CC1=Nc2cc(C(F)(F)F)nn2C(c2ccc(Cl)c(Cl)c2)C1C(=O)NCCc1ccc(Cl)cc1. The molecule has 1 N–H and O–H groups in total. The smallest absolute Gasteiger partial charge is 0.355 e. The Hall–Kier alpha value is -2.55.